The van der Waals surface area contributed by atoms with Gasteiger partial charge in [-0.05, 0) is 13.8 Å². The van der Waals surface area contributed by atoms with Gasteiger partial charge in [0.2, 0.25) is 0 Å². The quantitative estimate of drug-likeness (QED) is 0.469. The minimum absolute atomic E-state index is 0.0190. The molecule has 0 rings (SSSR count). The first-order valence-corrected chi connectivity index (χ1v) is 4.51. The van der Waals surface area contributed by atoms with Crippen LogP contribution in [0, 0.1) is 0 Å². The van der Waals surface area contributed by atoms with Gasteiger partial charge in [0, 0.05) is 0 Å². The van der Waals surface area contributed by atoms with Crippen molar-refractivity contribution >= 4 is 15.4 Å². The Balaban J connectivity index is 4.20. The van der Waals surface area contributed by atoms with E-state index in [0.717, 1.165) is 0 Å². The SMILES string of the molecule is CCOC(=O)S(=O)(=O)OCC. The highest BCUT2D eigenvalue weighted by molar-refractivity contribution is 8.01. The van der Waals surface area contributed by atoms with Crippen LogP contribution in [0.2, 0.25) is 0 Å². The summed E-state index contributed by atoms with van der Waals surface area (Å²) in [5.74, 6) is 0. The summed E-state index contributed by atoms with van der Waals surface area (Å²) in [6.45, 7) is 2.93. The highest BCUT2D eigenvalue weighted by Gasteiger charge is 2.23. The molecule has 0 N–H and O–H groups in total. The van der Waals surface area contributed by atoms with Crippen molar-refractivity contribution in [3.05, 3.63) is 0 Å². The molecule has 0 radical (unpaired) electrons. The lowest BCUT2D eigenvalue weighted by molar-refractivity contribution is 0.172. The first-order valence-electron chi connectivity index (χ1n) is 3.10. The molecule has 0 saturated heterocycles. The van der Waals surface area contributed by atoms with Crippen molar-refractivity contribution in [2.75, 3.05) is 13.2 Å². The van der Waals surface area contributed by atoms with Gasteiger partial charge in [0.1, 0.15) is 0 Å². The van der Waals surface area contributed by atoms with Gasteiger partial charge in [0.05, 0.1) is 13.2 Å². The lowest BCUT2D eigenvalue weighted by Crippen LogP contribution is -2.18. The predicted octanol–water partition coefficient (Wildman–Crippen LogP) is 0.509. The van der Waals surface area contributed by atoms with Crippen LogP contribution in [0.5, 0.6) is 0 Å². The summed E-state index contributed by atoms with van der Waals surface area (Å²) in [4.78, 5) is 10.5. The van der Waals surface area contributed by atoms with Crippen molar-refractivity contribution in [1.82, 2.24) is 0 Å². The molecular weight excluding hydrogens is 172 g/mol. The number of carbonyl (C=O) groups is 1. The van der Waals surface area contributed by atoms with E-state index in [0.29, 0.717) is 0 Å². The first-order chi connectivity index (χ1) is 5.04. The van der Waals surface area contributed by atoms with Crippen LogP contribution in [0.1, 0.15) is 13.8 Å². The van der Waals surface area contributed by atoms with Crippen LogP contribution in [0.15, 0.2) is 0 Å². The lowest BCUT2D eigenvalue weighted by Gasteiger charge is -2.00. The molecule has 0 aliphatic carbocycles. The normalized spacial score (nSPS) is 11.1. The summed E-state index contributed by atoms with van der Waals surface area (Å²) in [6.07, 6.45) is 0. The van der Waals surface area contributed by atoms with Gasteiger partial charge >= 0.3 is 15.4 Å². The lowest BCUT2D eigenvalue weighted by atomic mass is 10.9. The zero-order chi connectivity index (χ0) is 8.91. The third-order valence-corrected chi connectivity index (χ3v) is 1.81. The van der Waals surface area contributed by atoms with E-state index in [-0.39, 0.29) is 13.2 Å². The van der Waals surface area contributed by atoms with Gasteiger partial charge in [0.15, 0.2) is 0 Å². The van der Waals surface area contributed by atoms with Gasteiger partial charge in [-0.25, -0.2) is 4.79 Å². The van der Waals surface area contributed by atoms with Crippen LogP contribution >= 0.6 is 0 Å². The molecule has 11 heavy (non-hydrogen) atoms. The van der Waals surface area contributed by atoms with Crippen LogP contribution < -0.4 is 0 Å². The molecular formula is C5H10O5S. The summed E-state index contributed by atoms with van der Waals surface area (Å²) in [7, 11) is -4.13. The maximum atomic E-state index is 10.6. The standard InChI is InChI=1S/C5H10O5S/c1-3-9-5(6)11(7,8)10-4-2/h3-4H2,1-2H3. The minimum Gasteiger partial charge on any atom is -0.453 e. The molecule has 0 spiro atoms. The number of carbonyl (C=O) groups excluding carboxylic acids is 1. The van der Waals surface area contributed by atoms with Crippen LogP contribution in [0.4, 0.5) is 4.79 Å². The molecule has 0 aromatic carbocycles. The Morgan fingerprint density at radius 3 is 2.18 bits per heavy atom. The second-order valence-corrected chi connectivity index (χ2v) is 3.02. The van der Waals surface area contributed by atoms with Crippen LogP contribution in [-0.2, 0) is 19.0 Å². The smallest absolute Gasteiger partial charge is 0.451 e. The monoisotopic (exact) mass is 182 g/mol. The Morgan fingerprint density at radius 1 is 1.27 bits per heavy atom. The Kier molecular flexibility index (Phi) is 4.06. The molecule has 5 nitrogen and oxygen atoms in total. The van der Waals surface area contributed by atoms with E-state index in [9.17, 15) is 13.2 Å². The van der Waals surface area contributed by atoms with E-state index in [1.54, 1.807) is 0 Å². The van der Waals surface area contributed by atoms with E-state index in [2.05, 4.69) is 8.92 Å². The topological polar surface area (TPSA) is 69.7 Å². The number of hydrogen-bond acceptors (Lipinski definition) is 5. The average molecular weight is 182 g/mol. The molecule has 0 saturated carbocycles. The summed E-state index contributed by atoms with van der Waals surface area (Å²) in [6, 6.07) is 0. The van der Waals surface area contributed by atoms with E-state index in [1.807, 2.05) is 0 Å². The van der Waals surface area contributed by atoms with Crippen molar-refractivity contribution in [3.63, 3.8) is 0 Å². The molecule has 0 aliphatic rings. The third-order valence-electron chi connectivity index (χ3n) is 0.739. The number of ether oxygens (including phenoxy) is 1. The third kappa shape index (κ3) is 3.33. The molecule has 0 heterocycles. The van der Waals surface area contributed by atoms with Crippen LogP contribution in [-0.4, -0.2) is 26.9 Å². The van der Waals surface area contributed by atoms with Crippen molar-refractivity contribution in [2.45, 2.75) is 13.8 Å². The van der Waals surface area contributed by atoms with E-state index >= 15 is 0 Å². The van der Waals surface area contributed by atoms with E-state index in [1.165, 1.54) is 13.8 Å². The molecule has 0 bridgehead atoms. The summed E-state index contributed by atoms with van der Waals surface area (Å²) in [5, 5.41) is -1.33. The van der Waals surface area contributed by atoms with Crippen molar-refractivity contribution in [3.8, 4) is 0 Å². The molecule has 0 fully saturated rings. The molecule has 6 heteroatoms. The Bertz CT molecular complexity index is 217. The Labute approximate surface area is 65.4 Å². The zero-order valence-corrected chi connectivity index (χ0v) is 7.18. The molecule has 0 unspecified atom stereocenters. The molecule has 66 valence electrons. The predicted molar refractivity (Wildman–Crippen MR) is 37.6 cm³/mol. The van der Waals surface area contributed by atoms with Crippen LogP contribution in [0.25, 0.3) is 0 Å². The summed E-state index contributed by atoms with van der Waals surface area (Å²) >= 11 is 0. The number of hydrogen-bond donors (Lipinski definition) is 0. The van der Waals surface area contributed by atoms with Crippen molar-refractivity contribution in [1.29, 1.82) is 0 Å². The first kappa shape index (κ1) is 10.4. The molecule has 0 atom stereocenters. The van der Waals surface area contributed by atoms with Crippen LogP contribution in [0.3, 0.4) is 0 Å². The summed E-state index contributed by atoms with van der Waals surface area (Å²) < 4.78 is 29.6. The maximum absolute atomic E-state index is 10.6. The fraction of sp³-hybridized carbons (Fsp3) is 0.800. The second kappa shape index (κ2) is 4.30. The van der Waals surface area contributed by atoms with E-state index in [4.69, 9.17) is 0 Å². The molecule has 0 aromatic rings. The second-order valence-electron chi connectivity index (χ2n) is 1.54. The van der Waals surface area contributed by atoms with Gasteiger partial charge in [-0.3, -0.25) is 4.18 Å². The van der Waals surface area contributed by atoms with Gasteiger partial charge in [-0.2, -0.15) is 8.42 Å². The van der Waals surface area contributed by atoms with Gasteiger partial charge < -0.3 is 4.74 Å². The molecule has 0 aliphatic heterocycles. The highest BCUT2D eigenvalue weighted by Crippen LogP contribution is 1.97. The van der Waals surface area contributed by atoms with Crippen molar-refractivity contribution in [2.24, 2.45) is 0 Å². The van der Waals surface area contributed by atoms with Gasteiger partial charge in [-0.15, -0.1) is 0 Å². The Morgan fingerprint density at radius 2 is 1.82 bits per heavy atom. The highest BCUT2D eigenvalue weighted by atomic mass is 32.2. The summed E-state index contributed by atoms with van der Waals surface area (Å²) in [5.41, 5.74) is 0. The fourth-order valence-corrected chi connectivity index (χ4v) is 1.06. The van der Waals surface area contributed by atoms with Crippen molar-refractivity contribution < 1.29 is 22.1 Å². The zero-order valence-electron chi connectivity index (χ0n) is 6.36. The minimum atomic E-state index is -4.13. The van der Waals surface area contributed by atoms with Gasteiger partial charge in [-0.1, -0.05) is 0 Å². The van der Waals surface area contributed by atoms with E-state index < -0.39 is 15.4 Å². The van der Waals surface area contributed by atoms with Gasteiger partial charge in [0.25, 0.3) is 0 Å². The molecule has 0 amide bonds. The molecule has 0 aromatic heterocycles. The average Bonchev–Trinajstić information content (AvgIpc) is 1.88. The Hall–Kier alpha value is -0.620. The maximum Gasteiger partial charge on any atom is 0.451 e. The largest absolute Gasteiger partial charge is 0.453 e. The number of rotatable bonds is 3. The fourth-order valence-electron chi connectivity index (χ4n) is 0.393.